The Kier molecular flexibility index (Phi) is 20.7. The molecule has 0 fully saturated rings. The van der Waals surface area contributed by atoms with E-state index in [1.54, 1.807) is 0 Å². The molecule has 0 amide bonds. The highest BCUT2D eigenvalue weighted by Crippen LogP contribution is 2.20. The van der Waals surface area contributed by atoms with Crippen molar-refractivity contribution < 1.29 is 13.3 Å². The molecule has 0 saturated heterocycles. The lowest BCUT2D eigenvalue weighted by Gasteiger charge is -2.28. The fourth-order valence-corrected chi connectivity index (χ4v) is 5.52. The zero-order valence-corrected chi connectivity index (χ0v) is 16.6. The summed E-state index contributed by atoms with van der Waals surface area (Å²) in [7, 11) is -2.39. The van der Waals surface area contributed by atoms with Crippen LogP contribution in [0.15, 0.2) is 0 Å². The van der Waals surface area contributed by atoms with E-state index < -0.39 is 8.80 Å². The van der Waals surface area contributed by atoms with Gasteiger partial charge in [0.25, 0.3) is 0 Å². The van der Waals surface area contributed by atoms with Gasteiger partial charge in [0.1, 0.15) is 0 Å². The Labute approximate surface area is 151 Å². The van der Waals surface area contributed by atoms with Gasteiger partial charge in [-0.15, -0.1) is 0 Å². The first kappa shape index (κ1) is 25.6. The van der Waals surface area contributed by atoms with Gasteiger partial charge in [-0.2, -0.15) is 0 Å². The predicted molar refractivity (Wildman–Crippen MR) is 109 cm³/mol. The molecule has 5 heteroatoms. The minimum Gasteiger partial charge on any atom is -0.374 e. The van der Waals surface area contributed by atoms with Gasteiger partial charge in [-0.3, -0.25) is 0 Å². The minimum absolute atomic E-state index is 0. The highest BCUT2D eigenvalue weighted by molar-refractivity contribution is 6.60. The molecule has 0 radical (unpaired) electrons. The second kappa shape index (κ2) is 18.6. The average molecular weight is 365 g/mol. The molecule has 0 aliphatic rings. The molecule has 0 aromatic carbocycles. The average Bonchev–Trinajstić information content (AvgIpc) is 2.50. The Bertz CT molecular complexity index is 211. The fraction of sp³-hybridized carbons (Fsp3) is 1.00. The standard InChI is InChI=1S/C18H40O3Si.H4Si/c1-5-9-10-11-12-13-14-15-16-17-18-22(19-6-2,20-7-3)21-8-4;/h5-18H2,1-4H3;1H4. The summed E-state index contributed by atoms with van der Waals surface area (Å²) in [5.41, 5.74) is 0. The zero-order chi connectivity index (χ0) is 16.5. The van der Waals surface area contributed by atoms with Crippen molar-refractivity contribution in [3.8, 4) is 0 Å². The molecule has 3 nitrogen and oxygen atoms in total. The Morgan fingerprint density at radius 1 is 0.522 bits per heavy atom. The number of hydrogen-bond acceptors (Lipinski definition) is 3. The van der Waals surface area contributed by atoms with Gasteiger partial charge in [0, 0.05) is 25.9 Å². The van der Waals surface area contributed by atoms with Crippen LogP contribution in [0.2, 0.25) is 6.04 Å². The molecular weight excluding hydrogens is 320 g/mol. The van der Waals surface area contributed by atoms with Gasteiger partial charge < -0.3 is 13.3 Å². The Balaban J connectivity index is 0. The molecule has 0 atom stereocenters. The molecule has 0 aliphatic heterocycles. The van der Waals surface area contributed by atoms with Crippen molar-refractivity contribution in [3.63, 3.8) is 0 Å². The van der Waals surface area contributed by atoms with Crippen LogP contribution in [0.25, 0.3) is 0 Å². The van der Waals surface area contributed by atoms with Crippen molar-refractivity contribution >= 4 is 19.8 Å². The molecule has 0 aromatic rings. The molecule has 0 aliphatic carbocycles. The van der Waals surface area contributed by atoms with Gasteiger partial charge >= 0.3 is 8.80 Å². The van der Waals surface area contributed by atoms with E-state index in [4.69, 9.17) is 13.3 Å². The molecule has 0 bridgehead atoms. The maximum Gasteiger partial charge on any atom is 0.500 e. The Hall–Kier alpha value is 0.314. The van der Waals surface area contributed by atoms with Crippen molar-refractivity contribution in [1.82, 2.24) is 0 Å². The fourth-order valence-electron chi connectivity index (χ4n) is 2.83. The summed E-state index contributed by atoms with van der Waals surface area (Å²) in [6.45, 7) is 10.4. The van der Waals surface area contributed by atoms with Crippen molar-refractivity contribution in [2.75, 3.05) is 19.8 Å². The predicted octanol–water partition coefficient (Wildman–Crippen LogP) is 4.50. The summed E-state index contributed by atoms with van der Waals surface area (Å²) in [4.78, 5) is 0. The molecule has 0 spiro atoms. The molecule has 0 heterocycles. The van der Waals surface area contributed by atoms with Gasteiger partial charge in [0.2, 0.25) is 0 Å². The third-order valence-electron chi connectivity index (χ3n) is 3.93. The van der Waals surface area contributed by atoms with E-state index in [0.29, 0.717) is 19.8 Å². The lowest BCUT2D eigenvalue weighted by atomic mass is 10.1. The number of rotatable bonds is 17. The van der Waals surface area contributed by atoms with E-state index in [0.717, 1.165) is 6.04 Å². The maximum absolute atomic E-state index is 5.89. The Morgan fingerprint density at radius 2 is 0.870 bits per heavy atom. The first-order valence-corrected chi connectivity index (χ1v) is 11.6. The van der Waals surface area contributed by atoms with Crippen LogP contribution in [-0.4, -0.2) is 39.6 Å². The Morgan fingerprint density at radius 3 is 1.22 bits per heavy atom. The molecule has 0 saturated carbocycles. The summed E-state index contributed by atoms with van der Waals surface area (Å²) < 4.78 is 17.7. The molecule has 0 rings (SSSR count). The second-order valence-electron chi connectivity index (χ2n) is 5.91. The van der Waals surface area contributed by atoms with Crippen molar-refractivity contribution in [3.05, 3.63) is 0 Å². The molecular formula is C18H44O3Si2. The van der Waals surface area contributed by atoms with Crippen molar-refractivity contribution in [2.24, 2.45) is 0 Å². The SMILES string of the molecule is CCCCCCCCCCCC[Si](OCC)(OCC)OCC.[SiH4]. The minimum atomic E-state index is -2.39. The van der Waals surface area contributed by atoms with E-state index >= 15 is 0 Å². The van der Waals surface area contributed by atoms with Crippen LogP contribution in [0.3, 0.4) is 0 Å². The lowest BCUT2D eigenvalue weighted by molar-refractivity contribution is 0.0706. The van der Waals surface area contributed by atoms with E-state index in [1.165, 1.54) is 64.2 Å². The van der Waals surface area contributed by atoms with Crippen molar-refractivity contribution in [2.45, 2.75) is 97.9 Å². The van der Waals surface area contributed by atoms with Gasteiger partial charge in [-0.05, 0) is 38.2 Å². The first-order chi connectivity index (χ1) is 10.7. The van der Waals surface area contributed by atoms with Gasteiger partial charge in [0.15, 0.2) is 0 Å². The smallest absolute Gasteiger partial charge is 0.374 e. The summed E-state index contributed by atoms with van der Waals surface area (Å²) in [6.07, 6.45) is 13.5. The van der Waals surface area contributed by atoms with E-state index in [2.05, 4.69) is 6.92 Å². The van der Waals surface area contributed by atoms with Crippen LogP contribution in [0.4, 0.5) is 0 Å². The first-order valence-electron chi connectivity index (χ1n) is 9.66. The summed E-state index contributed by atoms with van der Waals surface area (Å²) in [5.74, 6) is 0. The highest BCUT2D eigenvalue weighted by Gasteiger charge is 2.39. The second-order valence-corrected chi connectivity index (χ2v) is 8.65. The van der Waals surface area contributed by atoms with Crippen LogP contribution in [-0.2, 0) is 13.3 Å². The number of hydrogen-bond donors (Lipinski definition) is 0. The van der Waals surface area contributed by atoms with E-state index in [9.17, 15) is 0 Å². The highest BCUT2D eigenvalue weighted by atomic mass is 28.4. The number of unbranched alkanes of at least 4 members (excludes halogenated alkanes) is 9. The molecule has 0 unspecified atom stereocenters. The maximum atomic E-state index is 5.89. The summed E-state index contributed by atoms with van der Waals surface area (Å²) in [6, 6.07) is 0.971. The molecule has 23 heavy (non-hydrogen) atoms. The quantitative estimate of drug-likeness (QED) is 0.281. The van der Waals surface area contributed by atoms with E-state index in [-0.39, 0.29) is 11.0 Å². The molecule has 0 aromatic heterocycles. The van der Waals surface area contributed by atoms with Crippen LogP contribution in [0, 0.1) is 0 Å². The third kappa shape index (κ3) is 14.4. The van der Waals surface area contributed by atoms with E-state index in [1.807, 2.05) is 20.8 Å². The lowest BCUT2D eigenvalue weighted by Crippen LogP contribution is -2.45. The zero-order valence-electron chi connectivity index (χ0n) is 15.6. The normalized spacial score (nSPS) is 11.5. The third-order valence-corrected chi connectivity index (χ3v) is 7.08. The van der Waals surface area contributed by atoms with Crippen LogP contribution in [0.5, 0.6) is 0 Å². The van der Waals surface area contributed by atoms with Crippen LogP contribution < -0.4 is 0 Å². The summed E-state index contributed by atoms with van der Waals surface area (Å²) >= 11 is 0. The van der Waals surface area contributed by atoms with Crippen LogP contribution in [0.1, 0.15) is 91.9 Å². The van der Waals surface area contributed by atoms with Gasteiger partial charge in [-0.25, -0.2) is 0 Å². The topological polar surface area (TPSA) is 27.7 Å². The largest absolute Gasteiger partial charge is 0.500 e. The van der Waals surface area contributed by atoms with Gasteiger partial charge in [-0.1, -0.05) is 64.7 Å². The molecule has 142 valence electrons. The van der Waals surface area contributed by atoms with Crippen molar-refractivity contribution in [1.29, 1.82) is 0 Å². The summed E-state index contributed by atoms with van der Waals surface area (Å²) in [5, 5.41) is 0. The monoisotopic (exact) mass is 364 g/mol. The van der Waals surface area contributed by atoms with Gasteiger partial charge in [0.05, 0.1) is 0 Å². The molecule has 0 N–H and O–H groups in total. The van der Waals surface area contributed by atoms with Crippen LogP contribution >= 0.6 is 0 Å².